The van der Waals surface area contributed by atoms with Crippen LogP contribution in [0.3, 0.4) is 0 Å². The van der Waals surface area contributed by atoms with Crippen LogP contribution in [0, 0.1) is 5.92 Å². The van der Waals surface area contributed by atoms with Gasteiger partial charge in [0.25, 0.3) is 5.89 Å². The Bertz CT molecular complexity index is 989. The van der Waals surface area contributed by atoms with Crippen LogP contribution in [-0.2, 0) is 11.2 Å². The van der Waals surface area contributed by atoms with E-state index in [9.17, 15) is 4.79 Å². The van der Waals surface area contributed by atoms with Crippen LogP contribution in [0.5, 0.6) is 0 Å². The lowest BCUT2D eigenvalue weighted by molar-refractivity contribution is -0.132. The Kier molecular flexibility index (Phi) is 3.91. The molecule has 1 amide bonds. The number of amides is 1. The first kappa shape index (κ1) is 16.4. The third-order valence-corrected chi connectivity index (χ3v) is 5.43. The molecule has 27 heavy (non-hydrogen) atoms. The van der Waals surface area contributed by atoms with Gasteiger partial charge < -0.3 is 9.42 Å². The lowest BCUT2D eigenvalue weighted by atomic mass is 10.00. The first-order chi connectivity index (χ1) is 13.2. The second kappa shape index (κ2) is 6.44. The number of piperidine rings is 1. The highest BCUT2D eigenvalue weighted by Gasteiger charge is 2.29. The van der Waals surface area contributed by atoms with Crippen molar-refractivity contribution < 1.29 is 9.32 Å². The molecule has 0 N–H and O–H groups in total. The van der Waals surface area contributed by atoms with Crippen molar-refractivity contribution in [2.45, 2.75) is 44.9 Å². The summed E-state index contributed by atoms with van der Waals surface area (Å²) in [5, 5.41) is 12.5. The second-order valence-corrected chi connectivity index (χ2v) is 7.76. The first-order valence-electron chi connectivity index (χ1n) is 9.63. The van der Waals surface area contributed by atoms with Crippen LogP contribution in [0.2, 0.25) is 0 Å². The number of carbonyl (C=O) groups excluding carboxylic acids is 1. The van der Waals surface area contributed by atoms with Gasteiger partial charge in [0.05, 0.1) is 6.42 Å². The zero-order valence-electron chi connectivity index (χ0n) is 15.3. The number of hydrogen-bond donors (Lipinski definition) is 0. The minimum Gasteiger partial charge on any atom is -0.342 e. The van der Waals surface area contributed by atoms with Gasteiger partial charge in [0.15, 0.2) is 11.5 Å². The third kappa shape index (κ3) is 3.20. The van der Waals surface area contributed by atoms with E-state index in [1.807, 2.05) is 27.6 Å². The van der Waals surface area contributed by atoms with Gasteiger partial charge >= 0.3 is 0 Å². The number of pyridine rings is 1. The van der Waals surface area contributed by atoms with Crippen molar-refractivity contribution in [2.75, 3.05) is 13.1 Å². The first-order valence-corrected chi connectivity index (χ1v) is 9.63. The quantitative estimate of drug-likeness (QED) is 0.705. The van der Waals surface area contributed by atoms with Crippen molar-refractivity contribution in [1.29, 1.82) is 0 Å². The summed E-state index contributed by atoms with van der Waals surface area (Å²) in [7, 11) is 0. The van der Waals surface area contributed by atoms with Gasteiger partial charge in [0.1, 0.15) is 5.82 Å². The fourth-order valence-electron chi connectivity index (χ4n) is 3.72. The number of rotatable bonds is 4. The smallest absolute Gasteiger partial charge is 0.258 e. The molecule has 5 rings (SSSR count). The van der Waals surface area contributed by atoms with Crippen LogP contribution >= 0.6 is 0 Å². The summed E-state index contributed by atoms with van der Waals surface area (Å²) in [6.07, 6.45) is 6.67. The third-order valence-electron chi connectivity index (χ3n) is 5.43. The monoisotopic (exact) mass is 366 g/mol. The van der Waals surface area contributed by atoms with E-state index in [4.69, 9.17) is 4.52 Å². The van der Waals surface area contributed by atoms with E-state index in [0.717, 1.165) is 43.7 Å². The highest BCUT2D eigenvalue weighted by atomic mass is 16.5. The van der Waals surface area contributed by atoms with Crippen LogP contribution in [0.1, 0.15) is 50.2 Å². The maximum absolute atomic E-state index is 12.6. The Labute approximate surface area is 156 Å². The molecule has 3 aromatic heterocycles. The van der Waals surface area contributed by atoms with Gasteiger partial charge in [-0.3, -0.25) is 9.20 Å². The number of likely N-dealkylation sites (tertiary alicyclic amines) is 1. The van der Waals surface area contributed by atoms with E-state index in [1.54, 1.807) is 0 Å². The van der Waals surface area contributed by atoms with E-state index in [-0.39, 0.29) is 12.3 Å². The summed E-state index contributed by atoms with van der Waals surface area (Å²) in [5.41, 5.74) is 1.49. The molecule has 3 aromatic rings. The maximum Gasteiger partial charge on any atom is 0.258 e. The van der Waals surface area contributed by atoms with Gasteiger partial charge in [-0.1, -0.05) is 12.1 Å². The Morgan fingerprint density at radius 3 is 3.00 bits per heavy atom. The van der Waals surface area contributed by atoms with Crippen molar-refractivity contribution in [3.05, 3.63) is 30.0 Å². The van der Waals surface area contributed by atoms with E-state index in [0.29, 0.717) is 29.2 Å². The molecule has 8 nitrogen and oxygen atoms in total. The van der Waals surface area contributed by atoms with Gasteiger partial charge in [0, 0.05) is 30.8 Å². The number of aromatic nitrogens is 5. The lowest BCUT2D eigenvalue weighted by Crippen LogP contribution is -2.40. The normalized spacial score (nSPS) is 20.3. The number of carbonyl (C=O) groups is 1. The summed E-state index contributed by atoms with van der Waals surface area (Å²) in [4.78, 5) is 19.0. The molecule has 1 saturated heterocycles. The summed E-state index contributed by atoms with van der Waals surface area (Å²) in [6.45, 7) is 3.87. The molecule has 2 aliphatic rings. The van der Waals surface area contributed by atoms with Crippen molar-refractivity contribution in [3.8, 4) is 11.5 Å². The number of nitrogens with zero attached hydrogens (tertiary/aromatic N) is 6. The molecule has 1 aliphatic heterocycles. The van der Waals surface area contributed by atoms with Crippen LogP contribution in [-0.4, -0.2) is 48.6 Å². The van der Waals surface area contributed by atoms with Gasteiger partial charge in [-0.2, -0.15) is 4.98 Å². The minimum absolute atomic E-state index is 0.117. The van der Waals surface area contributed by atoms with Crippen LogP contribution in [0.15, 0.2) is 22.9 Å². The standard InChI is InChI=1S/C19H22N6O2/c1-12-3-2-7-24(11-12)17(26)10-16-22-21-15-9-14(6-8-25(15)16)19-20-18(23-27-19)13-4-5-13/h6,8-9,12-13H,2-5,7,10-11H2,1H3/t12-/m0/s1. The zero-order chi connectivity index (χ0) is 18.4. The van der Waals surface area contributed by atoms with Crippen LogP contribution in [0.4, 0.5) is 0 Å². The fourth-order valence-corrected chi connectivity index (χ4v) is 3.72. The Morgan fingerprint density at radius 1 is 1.30 bits per heavy atom. The van der Waals surface area contributed by atoms with E-state index < -0.39 is 0 Å². The molecule has 0 bridgehead atoms. The molecular formula is C19H22N6O2. The summed E-state index contributed by atoms with van der Waals surface area (Å²) in [6, 6.07) is 3.77. The van der Waals surface area contributed by atoms with Crippen LogP contribution < -0.4 is 0 Å². The Balaban J connectivity index is 1.36. The van der Waals surface area contributed by atoms with Gasteiger partial charge in [-0.15, -0.1) is 10.2 Å². The molecule has 1 saturated carbocycles. The SMILES string of the molecule is C[C@H]1CCCN(C(=O)Cc2nnc3cc(-c4nc(C5CC5)no4)ccn23)C1. The largest absolute Gasteiger partial charge is 0.342 e. The molecule has 2 fully saturated rings. The van der Waals surface area contributed by atoms with Crippen molar-refractivity contribution >= 4 is 11.6 Å². The molecule has 4 heterocycles. The van der Waals surface area contributed by atoms with Gasteiger partial charge in [-0.05, 0) is 43.7 Å². The topological polar surface area (TPSA) is 89.4 Å². The molecule has 8 heteroatoms. The van der Waals surface area contributed by atoms with Crippen LogP contribution in [0.25, 0.3) is 17.1 Å². The molecular weight excluding hydrogens is 344 g/mol. The van der Waals surface area contributed by atoms with Crippen molar-refractivity contribution in [1.82, 2.24) is 29.6 Å². The van der Waals surface area contributed by atoms with Gasteiger partial charge in [-0.25, -0.2) is 0 Å². The molecule has 140 valence electrons. The van der Waals surface area contributed by atoms with Crippen molar-refractivity contribution in [3.63, 3.8) is 0 Å². The average Bonchev–Trinajstić information content (AvgIpc) is 3.27. The second-order valence-electron chi connectivity index (χ2n) is 7.76. The summed E-state index contributed by atoms with van der Waals surface area (Å²) < 4.78 is 7.24. The van der Waals surface area contributed by atoms with Crippen molar-refractivity contribution in [2.24, 2.45) is 5.92 Å². The highest BCUT2D eigenvalue weighted by Crippen LogP contribution is 2.38. The Morgan fingerprint density at radius 2 is 2.19 bits per heavy atom. The molecule has 0 spiro atoms. The maximum atomic E-state index is 12.6. The lowest BCUT2D eigenvalue weighted by Gasteiger charge is -2.30. The molecule has 0 aromatic carbocycles. The van der Waals surface area contributed by atoms with E-state index in [2.05, 4.69) is 27.3 Å². The summed E-state index contributed by atoms with van der Waals surface area (Å²) in [5.74, 6) is 3.08. The summed E-state index contributed by atoms with van der Waals surface area (Å²) >= 11 is 0. The Hall–Kier alpha value is -2.77. The zero-order valence-corrected chi connectivity index (χ0v) is 15.3. The molecule has 1 atom stereocenters. The predicted octanol–water partition coefficient (Wildman–Crippen LogP) is 2.46. The molecule has 0 radical (unpaired) electrons. The molecule has 1 aliphatic carbocycles. The molecule has 0 unspecified atom stereocenters. The minimum atomic E-state index is 0.117. The predicted molar refractivity (Wildman–Crippen MR) is 96.9 cm³/mol. The van der Waals surface area contributed by atoms with Gasteiger partial charge in [0.2, 0.25) is 5.91 Å². The fraction of sp³-hybridized carbons (Fsp3) is 0.526. The average molecular weight is 366 g/mol. The number of fused-ring (bicyclic) bond motifs is 1. The van der Waals surface area contributed by atoms with E-state index in [1.165, 1.54) is 6.42 Å². The highest BCUT2D eigenvalue weighted by molar-refractivity contribution is 5.78. The number of hydrogen-bond acceptors (Lipinski definition) is 6. The van der Waals surface area contributed by atoms with E-state index >= 15 is 0 Å².